The van der Waals surface area contributed by atoms with Crippen molar-refractivity contribution >= 4 is 27.1 Å². The van der Waals surface area contributed by atoms with Crippen LogP contribution in [0, 0.1) is 5.92 Å². The predicted octanol–water partition coefficient (Wildman–Crippen LogP) is 0.763. The lowest BCUT2D eigenvalue weighted by atomic mass is 10.1. The van der Waals surface area contributed by atoms with E-state index in [9.17, 15) is 13.2 Å². The van der Waals surface area contributed by atoms with Crippen LogP contribution in [0.4, 0.5) is 5.69 Å². The van der Waals surface area contributed by atoms with Gasteiger partial charge in [0.15, 0.2) is 9.84 Å². The van der Waals surface area contributed by atoms with E-state index >= 15 is 0 Å². The average molecular weight is 306 g/mol. The number of hydrogen-bond acceptors (Lipinski definition) is 5. The first-order chi connectivity index (χ1) is 8.93. The predicted molar refractivity (Wildman–Crippen MR) is 74.4 cm³/mol. The summed E-state index contributed by atoms with van der Waals surface area (Å²) < 4.78 is 23.9. The fourth-order valence-corrected chi connectivity index (χ4v) is 4.18. The Hall–Kier alpha value is -1.08. The smallest absolute Gasteiger partial charge is 0.287 e. The molecule has 1 fully saturated rings. The summed E-state index contributed by atoms with van der Waals surface area (Å²) in [5.74, 6) is 0.495. The standard InChI is InChI=1S/C11H16ClN3O3S/c1-2-15-11(16)10(12)9(6-14-15)13-5-8-3-4-19(17,18)7-8/h6,8,13H,2-5,7H2,1H3. The normalized spacial score (nSPS) is 21.5. The van der Waals surface area contributed by atoms with E-state index < -0.39 is 9.84 Å². The minimum Gasteiger partial charge on any atom is -0.382 e. The maximum absolute atomic E-state index is 11.8. The first-order valence-corrected chi connectivity index (χ1v) is 8.33. The molecule has 0 spiro atoms. The minimum absolute atomic E-state index is 0.0645. The fourth-order valence-electron chi connectivity index (χ4n) is 2.10. The maximum Gasteiger partial charge on any atom is 0.287 e. The first kappa shape index (κ1) is 14.3. The van der Waals surface area contributed by atoms with Gasteiger partial charge in [0.2, 0.25) is 0 Å². The molecule has 1 saturated heterocycles. The Labute approximate surface area is 116 Å². The van der Waals surface area contributed by atoms with Crippen LogP contribution in [0.2, 0.25) is 5.02 Å². The van der Waals surface area contributed by atoms with Gasteiger partial charge in [-0.25, -0.2) is 13.1 Å². The summed E-state index contributed by atoms with van der Waals surface area (Å²) in [4.78, 5) is 11.8. The molecule has 0 aromatic carbocycles. The molecule has 1 aromatic rings. The number of sulfone groups is 1. The second-order valence-electron chi connectivity index (χ2n) is 4.64. The monoisotopic (exact) mass is 305 g/mol. The van der Waals surface area contributed by atoms with Crippen LogP contribution in [0.5, 0.6) is 0 Å². The molecular formula is C11H16ClN3O3S. The second kappa shape index (κ2) is 5.50. The van der Waals surface area contributed by atoms with Crippen LogP contribution >= 0.6 is 11.6 Å². The highest BCUT2D eigenvalue weighted by molar-refractivity contribution is 7.91. The topological polar surface area (TPSA) is 81.1 Å². The summed E-state index contributed by atoms with van der Waals surface area (Å²) in [6, 6.07) is 0. The Morgan fingerprint density at radius 2 is 2.32 bits per heavy atom. The number of aryl methyl sites for hydroxylation is 1. The van der Waals surface area contributed by atoms with Crippen molar-refractivity contribution in [1.82, 2.24) is 9.78 Å². The first-order valence-electron chi connectivity index (χ1n) is 6.13. The maximum atomic E-state index is 11.8. The molecule has 8 heteroatoms. The van der Waals surface area contributed by atoms with Gasteiger partial charge < -0.3 is 5.32 Å². The van der Waals surface area contributed by atoms with E-state index in [0.717, 1.165) is 0 Å². The highest BCUT2D eigenvalue weighted by Crippen LogP contribution is 2.21. The summed E-state index contributed by atoms with van der Waals surface area (Å²) in [6.07, 6.45) is 2.14. The Kier molecular flexibility index (Phi) is 4.15. The van der Waals surface area contributed by atoms with E-state index in [1.807, 2.05) is 0 Å². The lowest BCUT2D eigenvalue weighted by molar-refractivity contribution is 0.595. The van der Waals surface area contributed by atoms with Gasteiger partial charge in [-0.1, -0.05) is 11.6 Å². The average Bonchev–Trinajstić information content (AvgIpc) is 2.71. The molecule has 1 aliphatic heterocycles. The van der Waals surface area contributed by atoms with Crippen LogP contribution in [-0.2, 0) is 16.4 Å². The van der Waals surface area contributed by atoms with Gasteiger partial charge in [0.25, 0.3) is 5.56 Å². The number of rotatable bonds is 4. The lowest BCUT2D eigenvalue weighted by Gasteiger charge is -2.12. The van der Waals surface area contributed by atoms with Gasteiger partial charge in [-0.15, -0.1) is 0 Å². The van der Waals surface area contributed by atoms with E-state index in [-0.39, 0.29) is 28.0 Å². The van der Waals surface area contributed by atoms with Crippen LogP contribution < -0.4 is 10.9 Å². The summed E-state index contributed by atoms with van der Waals surface area (Å²) in [7, 11) is -2.88. The van der Waals surface area contributed by atoms with Crippen LogP contribution in [0.1, 0.15) is 13.3 Å². The highest BCUT2D eigenvalue weighted by Gasteiger charge is 2.27. The molecule has 0 radical (unpaired) electrons. The summed E-state index contributed by atoms with van der Waals surface area (Å²) in [5, 5.41) is 7.08. The van der Waals surface area contributed by atoms with Crippen molar-refractivity contribution in [3.63, 3.8) is 0 Å². The molecule has 106 valence electrons. The highest BCUT2D eigenvalue weighted by atomic mass is 35.5. The van der Waals surface area contributed by atoms with E-state index in [2.05, 4.69) is 10.4 Å². The number of aromatic nitrogens is 2. The van der Waals surface area contributed by atoms with Crippen LogP contribution in [-0.4, -0.2) is 36.2 Å². The third-order valence-electron chi connectivity index (χ3n) is 3.19. The Morgan fingerprint density at radius 3 is 2.89 bits per heavy atom. The lowest BCUT2D eigenvalue weighted by Crippen LogP contribution is -2.24. The number of hydrogen-bond donors (Lipinski definition) is 1. The Bertz CT molecular complexity index is 627. The number of anilines is 1. The van der Waals surface area contributed by atoms with Crippen molar-refractivity contribution in [2.45, 2.75) is 19.9 Å². The molecule has 1 aliphatic rings. The fraction of sp³-hybridized carbons (Fsp3) is 0.636. The molecule has 19 heavy (non-hydrogen) atoms. The van der Waals surface area contributed by atoms with Gasteiger partial charge in [0, 0.05) is 13.1 Å². The van der Waals surface area contributed by atoms with Crippen molar-refractivity contribution in [2.24, 2.45) is 5.92 Å². The van der Waals surface area contributed by atoms with Gasteiger partial charge in [0.05, 0.1) is 23.4 Å². The molecule has 2 heterocycles. The van der Waals surface area contributed by atoms with Gasteiger partial charge in [0.1, 0.15) is 5.02 Å². The van der Waals surface area contributed by atoms with Crippen molar-refractivity contribution in [3.8, 4) is 0 Å². The van der Waals surface area contributed by atoms with E-state index in [1.165, 1.54) is 10.9 Å². The molecule has 1 atom stereocenters. The van der Waals surface area contributed by atoms with Gasteiger partial charge >= 0.3 is 0 Å². The zero-order valence-electron chi connectivity index (χ0n) is 10.6. The van der Waals surface area contributed by atoms with E-state index in [1.54, 1.807) is 6.92 Å². The molecule has 6 nitrogen and oxygen atoms in total. The zero-order chi connectivity index (χ0) is 14.0. The molecule has 0 amide bonds. The second-order valence-corrected chi connectivity index (χ2v) is 7.25. The molecule has 0 bridgehead atoms. The molecular weight excluding hydrogens is 290 g/mol. The minimum atomic E-state index is -2.88. The van der Waals surface area contributed by atoms with Crippen LogP contribution in [0.15, 0.2) is 11.0 Å². The summed E-state index contributed by atoms with van der Waals surface area (Å²) >= 11 is 5.96. The molecule has 1 N–H and O–H groups in total. The molecule has 0 saturated carbocycles. The van der Waals surface area contributed by atoms with Crippen LogP contribution in [0.3, 0.4) is 0 Å². The molecule has 1 aromatic heterocycles. The number of halogens is 1. The molecule has 0 aliphatic carbocycles. The molecule has 1 unspecified atom stereocenters. The van der Waals surface area contributed by atoms with Crippen molar-refractivity contribution in [2.75, 3.05) is 23.4 Å². The summed E-state index contributed by atoms with van der Waals surface area (Å²) in [6.45, 7) is 2.75. The third-order valence-corrected chi connectivity index (χ3v) is 5.39. The number of nitrogens with one attached hydrogen (secondary N) is 1. The van der Waals surface area contributed by atoms with Gasteiger partial charge in [-0.05, 0) is 19.3 Å². The van der Waals surface area contributed by atoms with Crippen molar-refractivity contribution < 1.29 is 8.42 Å². The largest absolute Gasteiger partial charge is 0.382 e. The SMILES string of the molecule is CCn1ncc(NCC2CCS(=O)(=O)C2)c(Cl)c1=O. The summed E-state index contributed by atoms with van der Waals surface area (Å²) in [5.41, 5.74) is 0.119. The van der Waals surface area contributed by atoms with Gasteiger partial charge in [-0.3, -0.25) is 4.79 Å². The van der Waals surface area contributed by atoms with Crippen LogP contribution in [0.25, 0.3) is 0 Å². The van der Waals surface area contributed by atoms with Crippen molar-refractivity contribution in [3.05, 3.63) is 21.6 Å². The quantitative estimate of drug-likeness (QED) is 0.888. The third kappa shape index (κ3) is 3.27. The Balaban J connectivity index is 2.05. The van der Waals surface area contributed by atoms with E-state index in [0.29, 0.717) is 25.2 Å². The zero-order valence-corrected chi connectivity index (χ0v) is 12.2. The Morgan fingerprint density at radius 1 is 1.58 bits per heavy atom. The molecule has 2 rings (SSSR count). The van der Waals surface area contributed by atoms with Crippen molar-refractivity contribution in [1.29, 1.82) is 0 Å². The van der Waals surface area contributed by atoms with E-state index in [4.69, 9.17) is 11.6 Å². The van der Waals surface area contributed by atoms with Gasteiger partial charge in [-0.2, -0.15) is 5.10 Å². The number of nitrogens with zero attached hydrogens (tertiary/aromatic N) is 2.